The SMILES string of the molecule is COc1cc(CC(N)c2cccc(OC)c2OC)ncn1. The lowest BCUT2D eigenvalue weighted by Crippen LogP contribution is -2.15. The molecule has 2 N–H and O–H groups in total. The maximum atomic E-state index is 6.28. The second-order valence-corrected chi connectivity index (χ2v) is 4.45. The third kappa shape index (κ3) is 3.41. The van der Waals surface area contributed by atoms with Gasteiger partial charge >= 0.3 is 0 Å². The van der Waals surface area contributed by atoms with Gasteiger partial charge in [0, 0.05) is 29.8 Å². The van der Waals surface area contributed by atoms with Crippen LogP contribution in [-0.4, -0.2) is 31.3 Å². The molecule has 1 atom stereocenters. The Hall–Kier alpha value is -2.34. The highest BCUT2D eigenvalue weighted by Crippen LogP contribution is 2.34. The van der Waals surface area contributed by atoms with Crippen LogP contribution in [0.1, 0.15) is 17.3 Å². The smallest absolute Gasteiger partial charge is 0.216 e. The molecule has 112 valence electrons. The molecule has 0 saturated heterocycles. The van der Waals surface area contributed by atoms with Gasteiger partial charge in [0.25, 0.3) is 0 Å². The number of hydrogen-bond donors (Lipinski definition) is 1. The standard InChI is InChI=1S/C15H19N3O3/c1-19-13-6-4-5-11(15(13)21-3)12(16)7-10-8-14(20-2)18-9-17-10/h4-6,8-9,12H,7,16H2,1-3H3. The van der Waals surface area contributed by atoms with E-state index in [0.29, 0.717) is 23.8 Å². The second kappa shape index (κ2) is 6.90. The minimum atomic E-state index is -0.269. The Kier molecular flexibility index (Phi) is 4.94. The Labute approximate surface area is 123 Å². The molecular weight excluding hydrogens is 270 g/mol. The van der Waals surface area contributed by atoms with Crippen LogP contribution in [0.4, 0.5) is 0 Å². The molecule has 0 amide bonds. The van der Waals surface area contributed by atoms with E-state index in [1.54, 1.807) is 27.4 Å². The van der Waals surface area contributed by atoms with Gasteiger partial charge in [-0.05, 0) is 6.07 Å². The van der Waals surface area contributed by atoms with Crippen LogP contribution < -0.4 is 19.9 Å². The summed E-state index contributed by atoms with van der Waals surface area (Å²) in [7, 11) is 4.77. The van der Waals surface area contributed by atoms with Crippen LogP contribution in [0.25, 0.3) is 0 Å². The Morgan fingerprint density at radius 2 is 1.90 bits per heavy atom. The summed E-state index contributed by atoms with van der Waals surface area (Å²) in [5, 5.41) is 0. The Balaban J connectivity index is 2.25. The molecule has 2 rings (SSSR count). The predicted octanol–water partition coefficient (Wildman–Crippen LogP) is 1.74. The first-order valence-corrected chi connectivity index (χ1v) is 6.51. The van der Waals surface area contributed by atoms with Crippen LogP contribution in [0.3, 0.4) is 0 Å². The van der Waals surface area contributed by atoms with Crippen molar-refractivity contribution >= 4 is 0 Å². The number of ether oxygens (including phenoxy) is 3. The first kappa shape index (κ1) is 15.1. The molecule has 0 saturated carbocycles. The largest absolute Gasteiger partial charge is 0.493 e. The number of rotatable bonds is 6. The summed E-state index contributed by atoms with van der Waals surface area (Å²) < 4.78 is 15.8. The van der Waals surface area contributed by atoms with Crippen molar-refractivity contribution in [1.29, 1.82) is 0 Å². The van der Waals surface area contributed by atoms with Gasteiger partial charge in [0.2, 0.25) is 5.88 Å². The normalized spacial score (nSPS) is 11.8. The van der Waals surface area contributed by atoms with E-state index < -0.39 is 0 Å². The van der Waals surface area contributed by atoms with Gasteiger partial charge in [-0.25, -0.2) is 9.97 Å². The van der Waals surface area contributed by atoms with E-state index in [9.17, 15) is 0 Å². The van der Waals surface area contributed by atoms with Crippen molar-refractivity contribution in [1.82, 2.24) is 9.97 Å². The van der Waals surface area contributed by atoms with Crippen LogP contribution in [0.2, 0.25) is 0 Å². The van der Waals surface area contributed by atoms with E-state index in [0.717, 1.165) is 11.3 Å². The molecule has 21 heavy (non-hydrogen) atoms. The number of methoxy groups -OCH3 is 3. The molecule has 0 spiro atoms. The van der Waals surface area contributed by atoms with E-state index in [-0.39, 0.29) is 6.04 Å². The fourth-order valence-electron chi connectivity index (χ4n) is 2.14. The summed E-state index contributed by atoms with van der Waals surface area (Å²) in [5.74, 6) is 1.82. The van der Waals surface area contributed by atoms with E-state index >= 15 is 0 Å². The van der Waals surface area contributed by atoms with Gasteiger partial charge in [0.05, 0.1) is 21.3 Å². The molecule has 6 heteroatoms. The van der Waals surface area contributed by atoms with Crippen LogP contribution in [-0.2, 0) is 6.42 Å². The van der Waals surface area contributed by atoms with Gasteiger partial charge in [-0.15, -0.1) is 0 Å². The molecule has 1 unspecified atom stereocenters. The molecule has 0 bridgehead atoms. The topological polar surface area (TPSA) is 79.5 Å². The molecule has 1 aromatic carbocycles. The van der Waals surface area contributed by atoms with Crippen molar-refractivity contribution in [2.75, 3.05) is 21.3 Å². The zero-order chi connectivity index (χ0) is 15.2. The van der Waals surface area contributed by atoms with E-state index in [1.807, 2.05) is 18.2 Å². The minimum Gasteiger partial charge on any atom is -0.493 e. The fraction of sp³-hybridized carbons (Fsp3) is 0.333. The number of para-hydroxylation sites is 1. The summed E-state index contributed by atoms with van der Waals surface area (Å²) >= 11 is 0. The average Bonchev–Trinajstić information content (AvgIpc) is 2.53. The van der Waals surface area contributed by atoms with E-state index in [2.05, 4.69) is 9.97 Å². The summed E-state index contributed by atoms with van der Waals surface area (Å²) in [4.78, 5) is 8.19. The number of nitrogens with zero attached hydrogens (tertiary/aromatic N) is 2. The molecule has 0 aliphatic carbocycles. The van der Waals surface area contributed by atoms with Crippen LogP contribution >= 0.6 is 0 Å². The van der Waals surface area contributed by atoms with Gasteiger partial charge < -0.3 is 19.9 Å². The van der Waals surface area contributed by atoms with Crippen molar-refractivity contribution in [2.45, 2.75) is 12.5 Å². The minimum absolute atomic E-state index is 0.269. The number of nitrogens with two attached hydrogens (primary N) is 1. The third-order valence-corrected chi connectivity index (χ3v) is 3.17. The van der Waals surface area contributed by atoms with E-state index in [4.69, 9.17) is 19.9 Å². The predicted molar refractivity (Wildman–Crippen MR) is 78.8 cm³/mol. The van der Waals surface area contributed by atoms with Gasteiger partial charge in [0.1, 0.15) is 6.33 Å². The quantitative estimate of drug-likeness (QED) is 0.872. The van der Waals surface area contributed by atoms with Gasteiger partial charge in [0.15, 0.2) is 11.5 Å². The zero-order valence-electron chi connectivity index (χ0n) is 12.4. The summed E-state index contributed by atoms with van der Waals surface area (Å²) in [6, 6.07) is 7.14. The molecule has 0 fully saturated rings. The van der Waals surface area contributed by atoms with Crippen molar-refractivity contribution in [2.24, 2.45) is 5.73 Å². The average molecular weight is 289 g/mol. The number of hydrogen-bond acceptors (Lipinski definition) is 6. The van der Waals surface area contributed by atoms with Crippen LogP contribution in [0.5, 0.6) is 17.4 Å². The zero-order valence-corrected chi connectivity index (χ0v) is 12.4. The molecule has 2 aromatic rings. The van der Waals surface area contributed by atoms with Crippen molar-refractivity contribution in [3.05, 3.63) is 41.9 Å². The lowest BCUT2D eigenvalue weighted by molar-refractivity contribution is 0.349. The lowest BCUT2D eigenvalue weighted by atomic mass is 10.0. The van der Waals surface area contributed by atoms with Crippen LogP contribution in [0, 0.1) is 0 Å². The maximum Gasteiger partial charge on any atom is 0.216 e. The van der Waals surface area contributed by atoms with Crippen LogP contribution in [0.15, 0.2) is 30.6 Å². The molecule has 6 nitrogen and oxygen atoms in total. The van der Waals surface area contributed by atoms with Gasteiger partial charge in [-0.1, -0.05) is 12.1 Å². The third-order valence-electron chi connectivity index (χ3n) is 3.17. The van der Waals surface area contributed by atoms with Crippen molar-refractivity contribution < 1.29 is 14.2 Å². The highest BCUT2D eigenvalue weighted by molar-refractivity contribution is 5.48. The summed E-state index contributed by atoms with van der Waals surface area (Å²) in [6.07, 6.45) is 2.01. The summed E-state index contributed by atoms with van der Waals surface area (Å²) in [5.41, 5.74) is 7.96. The molecule has 0 aliphatic heterocycles. The lowest BCUT2D eigenvalue weighted by Gasteiger charge is -2.17. The van der Waals surface area contributed by atoms with E-state index in [1.165, 1.54) is 6.33 Å². The van der Waals surface area contributed by atoms with Gasteiger partial charge in [-0.2, -0.15) is 0 Å². The number of aromatic nitrogens is 2. The molecule has 0 radical (unpaired) electrons. The summed E-state index contributed by atoms with van der Waals surface area (Å²) in [6.45, 7) is 0. The monoisotopic (exact) mass is 289 g/mol. The second-order valence-electron chi connectivity index (χ2n) is 4.45. The number of benzene rings is 1. The molecule has 0 aliphatic rings. The molecule has 1 heterocycles. The highest BCUT2D eigenvalue weighted by atomic mass is 16.5. The van der Waals surface area contributed by atoms with Gasteiger partial charge in [-0.3, -0.25) is 0 Å². The Bertz CT molecular complexity index is 604. The fourth-order valence-corrected chi connectivity index (χ4v) is 2.14. The molecule has 1 aromatic heterocycles. The van der Waals surface area contributed by atoms with Crippen molar-refractivity contribution in [3.8, 4) is 17.4 Å². The first-order chi connectivity index (χ1) is 10.2. The maximum absolute atomic E-state index is 6.28. The molecular formula is C15H19N3O3. The first-order valence-electron chi connectivity index (χ1n) is 6.51. The Morgan fingerprint density at radius 3 is 2.57 bits per heavy atom. The highest BCUT2D eigenvalue weighted by Gasteiger charge is 2.17. The Morgan fingerprint density at radius 1 is 1.10 bits per heavy atom. The van der Waals surface area contributed by atoms with Crippen molar-refractivity contribution in [3.63, 3.8) is 0 Å².